The van der Waals surface area contributed by atoms with E-state index in [4.69, 9.17) is 0 Å². The molecule has 0 aromatic heterocycles. The summed E-state index contributed by atoms with van der Waals surface area (Å²) in [5, 5.41) is 2.47. The molecule has 1 rings (SSSR count). The molecule has 1 N–H and O–H groups in total. The zero-order valence-electron chi connectivity index (χ0n) is 7.84. The maximum Gasteiger partial charge on any atom is 0.415 e. The van der Waals surface area contributed by atoms with Crippen molar-refractivity contribution in [1.82, 2.24) is 5.32 Å². The summed E-state index contributed by atoms with van der Waals surface area (Å²) >= 11 is 0. The van der Waals surface area contributed by atoms with E-state index in [9.17, 15) is 9.59 Å². The van der Waals surface area contributed by atoms with E-state index in [0.717, 1.165) is 12.8 Å². The molecule has 1 fully saturated rings. The molecule has 4 nitrogen and oxygen atoms in total. The third kappa shape index (κ3) is 3.05. The number of amides is 1. The summed E-state index contributed by atoms with van der Waals surface area (Å²) in [6.07, 6.45) is 4.51. The van der Waals surface area contributed by atoms with E-state index in [1.54, 1.807) is 0 Å². The average molecular weight is 185 g/mol. The lowest BCUT2D eigenvalue weighted by Gasteiger charge is -2.03. The number of nitrogens with one attached hydrogen (secondary N) is 1. The van der Waals surface area contributed by atoms with Crippen LogP contribution in [-0.4, -0.2) is 18.1 Å². The summed E-state index contributed by atoms with van der Waals surface area (Å²) in [6, 6.07) is -0.399. The van der Waals surface area contributed by atoms with Gasteiger partial charge in [0.15, 0.2) is 0 Å². The second-order valence-corrected chi connectivity index (χ2v) is 3.25. The van der Waals surface area contributed by atoms with Gasteiger partial charge >= 0.3 is 12.1 Å². The second kappa shape index (κ2) is 4.84. The molecule has 1 aliphatic rings. The van der Waals surface area contributed by atoms with Crippen LogP contribution in [0.1, 0.15) is 39.0 Å². The van der Waals surface area contributed by atoms with Gasteiger partial charge in [0, 0.05) is 0 Å². The highest BCUT2D eigenvalue weighted by Crippen LogP contribution is 2.10. The Balaban J connectivity index is 2.14. The largest absolute Gasteiger partial charge is 0.415 e. The molecule has 13 heavy (non-hydrogen) atoms. The van der Waals surface area contributed by atoms with Crippen LogP contribution in [0.15, 0.2) is 0 Å². The minimum absolute atomic E-state index is 0.399. The highest BCUT2D eigenvalue weighted by atomic mass is 16.6. The Hall–Kier alpha value is -1.06. The second-order valence-electron chi connectivity index (χ2n) is 3.25. The highest BCUT2D eigenvalue weighted by Gasteiger charge is 2.31. The van der Waals surface area contributed by atoms with Gasteiger partial charge in [0.25, 0.3) is 0 Å². The summed E-state index contributed by atoms with van der Waals surface area (Å²) in [4.78, 5) is 21.5. The molecule has 0 aliphatic carbocycles. The van der Waals surface area contributed by atoms with Gasteiger partial charge in [0.1, 0.15) is 6.04 Å². The molecule has 0 aromatic carbocycles. The average Bonchev–Trinajstić information content (AvgIpc) is 2.39. The molecule has 0 bridgehead atoms. The fourth-order valence-corrected chi connectivity index (χ4v) is 1.36. The molecule has 1 heterocycles. The number of rotatable bonds is 5. The molecule has 4 heteroatoms. The van der Waals surface area contributed by atoms with Gasteiger partial charge in [-0.15, -0.1) is 0 Å². The normalized spacial score (nSPS) is 21.5. The number of hydrogen-bond acceptors (Lipinski definition) is 3. The van der Waals surface area contributed by atoms with Gasteiger partial charge in [0.05, 0.1) is 0 Å². The Bertz CT molecular complexity index is 203. The number of cyclic esters (lactones) is 2. The number of carbonyl (C=O) groups excluding carboxylic acids is 2. The predicted octanol–water partition coefficient (Wildman–Crippen LogP) is 1.59. The van der Waals surface area contributed by atoms with Crippen LogP contribution in [0, 0.1) is 0 Å². The van der Waals surface area contributed by atoms with Crippen LogP contribution in [0.3, 0.4) is 0 Å². The number of ether oxygens (including phenoxy) is 1. The Kier molecular flexibility index (Phi) is 3.73. The maximum absolute atomic E-state index is 10.9. The number of alkyl carbamates (subject to hydrolysis) is 1. The van der Waals surface area contributed by atoms with Gasteiger partial charge in [-0.3, -0.25) is 0 Å². The zero-order chi connectivity index (χ0) is 9.68. The maximum atomic E-state index is 10.9. The summed E-state index contributed by atoms with van der Waals surface area (Å²) in [6.45, 7) is 2.13. The molecule has 0 unspecified atom stereocenters. The van der Waals surface area contributed by atoms with Crippen LogP contribution in [0.2, 0.25) is 0 Å². The van der Waals surface area contributed by atoms with Crippen molar-refractivity contribution in [3.8, 4) is 0 Å². The van der Waals surface area contributed by atoms with Crippen molar-refractivity contribution in [2.75, 3.05) is 0 Å². The smallest absolute Gasteiger partial charge is 0.375 e. The molecule has 0 radical (unpaired) electrons. The van der Waals surface area contributed by atoms with Crippen molar-refractivity contribution in [2.45, 2.75) is 45.1 Å². The minimum Gasteiger partial charge on any atom is -0.375 e. The minimum atomic E-state index is -0.606. The molecule has 74 valence electrons. The van der Waals surface area contributed by atoms with Crippen molar-refractivity contribution < 1.29 is 14.3 Å². The molecule has 0 spiro atoms. The molecule has 1 aliphatic heterocycles. The Labute approximate surface area is 77.6 Å². The molecular formula is C9H15NO3. The molecular weight excluding hydrogens is 170 g/mol. The fourth-order valence-electron chi connectivity index (χ4n) is 1.36. The van der Waals surface area contributed by atoms with E-state index in [1.807, 2.05) is 0 Å². The standard InChI is InChI=1S/C9H15NO3/c1-2-3-4-5-6-7-8(11)13-9(12)10-7/h7H,2-6H2,1H3,(H,10,12)/t7-/m0/s1. The topological polar surface area (TPSA) is 55.4 Å². The Morgan fingerprint density at radius 2 is 2.08 bits per heavy atom. The van der Waals surface area contributed by atoms with Gasteiger partial charge < -0.3 is 10.1 Å². The zero-order valence-corrected chi connectivity index (χ0v) is 7.84. The summed E-state index contributed by atoms with van der Waals surface area (Å²) < 4.78 is 4.34. The summed E-state index contributed by atoms with van der Waals surface area (Å²) in [5.74, 6) is -0.429. The number of esters is 1. The van der Waals surface area contributed by atoms with Crippen molar-refractivity contribution in [3.63, 3.8) is 0 Å². The van der Waals surface area contributed by atoms with Crippen molar-refractivity contribution in [2.24, 2.45) is 0 Å². The molecule has 0 aromatic rings. The Morgan fingerprint density at radius 1 is 1.31 bits per heavy atom. The van der Waals surface area contributed by atoms with Crippen LogP contribution in [-0.2, 0) is 9.53 Å². The van der Waals surface area contributed by atoms with Crippen molar-refractivity contribution in [1.29, 1.82) is 0 Å². The van der Waals surface area contributed by atoms with Crippen LogP contribution in [0.5, 0.6) is 0 Å². The van der Waals surface area contributed by atoms with E-state index in [2.05, 4.69) is 17.0 Å². The van der Waals surface area contributed by atoms with Gasteiger partial charge in [0.2, 0.25) is 0 Å². The number of hydrogen-bond donors (Lipinski definition) is 1. The van der Waals surface area contributed by atoms with Crippen LogP contribution < -0.4 is 5.32 Å². The van der Waals surface area contributed by atoms with E-state index in [-0.39, 0.29) is 0 Å². The quantitative estimate of drug-likeness (QED) is 0.402. The third-order valence-corrected chi connectivity index (χ3v) is 2.12. The lowest BCUT2D eigenvalue weighted by Crippen LogP contribution is -2.28. The van der Waals surface area contributed by atoms with Gasteiger partial charge in [-0.25, -0.2) is 9.59 Å². The third-order valence-electron chi connectivity index (χ3n) is 2.12. The van der Waals surface area contributed by atoms with Crippen LogP contribution in [0.25, 0.3) is 0 Å². The monoisotopic (exact) mass is 185 g/mol. The molecule has 1 atom stereocenters. The molecule has 1 amide bonds. The van der Waals surface area contributed by atoms with Crippen LogP contribution in [0.4, 0.5) is 4.79 Å². The highest BCUT2D eigenvalue weighted by molar-refractivity contribution is 5.95. The van der Waals surface area contributed by atoms with Crippen LogP contribution >= 0.6 is 0 Å². The van der Waals surface area contributed by atoms with Gasteiger partial charge in [-0.1, -0.05) is 32.6 Å². The summed E-state index contributed by atoms with van der Waals surface area (Å²) in [5.41, 5.74) is 0. The fraction of sp³-hybridized carbons (Fsp3) is 0.778. The lowest BCUT2D eigenvalue weighted by molar-refractivity contribution is -0.135. The Morgan fingerprint density at radius 3 is 2.62 bits per heavy atom. The molecule has 1 saturated heterocycles. The van der Waals surface area contributed by atoms with E-state index in [1.165, 1.54) is 12.8 Å². The van der Waals surface area contributed by atoms with Crippen molar-refractivity contribution >= 4 is 12.1 Å². The SMILES string of the molecule is CCCCCC[C@@H]1NC(=O)OC1=O. The number of unbranched alkanes of at least 4 members (excludes halogenated alkanes) is 3. The van der Waals surface area contributed by atoms with E-state index < -0.39 is 18.1 Å². The lowest BCUT2D eigenvalue weighted by atomic mass is 10.1. The first-order valence-electron chi connectivity index (χ1n) is 4.76. The molecule has 0 saturated carbocycles. The number of carbonyl (C=O) groups is 2. The predicted molar refractivity (Wildman–Crippen MR) is 47.2 cm³/mol. The first kappa shape index (κ1) is 10.0. The van der Waals surface area contributed by atoms with E-state index >= 15 is 0 Å². The summed E-state index contributed by atoms with van der Waals surface area (Å²) in [7, 11) is 0. The van der Waals surface area contributed by atoms with Gasteiger partial charge in [-0.05, 0) is 6.42 Å². The first-order valence-corrected chi connectivity index (χ1v) is 4.76. The van der Waals surface area contributed by atoms with Gasteiger partial charge in [-0.2, -0.15) is 0 Å². The van der Waals surface area contributed by atoms with Crippen molar-refractivity contribution in [3.05, 3.63) is 0 Å². The first-order chi connectivity index (χ1) is 6.24. The van der Waals surface area contributed by atoms with E-state index in [0.29, 0.717) is 6.42 Å².